The molecule has 0 aliphatic heterocycles. The van der Waals surface area contributed by atoms with Gasteiger partial charge in [0, 0.05) is 12.1 Å². The first-order valence-corrected chi connectivity index (χ1v) is 9.07. The lowest BCUT2D eigenvalue weighted by molar-refractivity contribution is -0.683. The number of pyridine rings is 2. The predicted molar refractivity (Wildman–Crippen MR) is 99.3 cm³/mol. The molecule has 0 saturated heterocycles. The molecule has 24 heavy (non-hydrogen) atoms. The van der Waals surface area contributed by atoms with Crippen LogP contribution in [-0.2, 0) is 13.1 Å². The Morgan fingerprint density at radius 2 is 1.04 bits per heavy atom. The van der Waals surface area contributed by atoms with E-state index in [1.165, 1.54) is 49.7 Å². The van der Waals surface area contributed by atoms with E-state index in [1.54, 1.807) is 0 Å². The fraction of sp³-hybridized carbons (Fsp3) is 0.500. The summed E-state index contributed by atoms with van der Waals surface area (Å²) in [6.07, 6.45) is 11.7. The summed E-state index contributed by atoms with van der Waals surface area (Å²) in [7, 11) is 0. The monoisotopic (exact) mass is 328 g/mol. The van der Waals surface area contributed by atoms with Crippen molar-refractivity contribution in [1.82, 2.24) is 0 Å². The lowest BCUT2D eigenvalue weighted by Crippen LogP contribution is -2.36. The maximum absolute atomic E-state index is 6.03. The number of anilines is 2. The third kappa shape index (κ3) is 5.84. The van der Waals surface area contributed by atoms with Gasteiger partial charge < -0.3 is 0 Å². The van der Waals surface area contributed by atoms with Gasteiger partial charge in [0.2, 0.25) is 0 Å². The van der Waals surface area contributed by atoms with Crippen LogP contribution in [0.2, 0.25) is 0 Å². The average molecular weight is 329 g/mol. The number of aromatic nitrogens is 2. The van der Waals surface area contributed by atoms with Crippen molar-refractivity contribution in [1.29, 1.82) is 0 Å². The minimum atomic E-state index is 0.864. The molecule has 2 aromatic heterocycles. The molecule has 4 nitrogen and oxygen atoms in total. The second-order valence-corrected chi connectivity index (χ2v) is 6.77. The fourth-order valence-corrected chi connectivity index (χ4v) is 2.99. The Balaban J connectivity index is 1.55. The maximum Gasteiger partial charge on any atom is 0.272 e. The van der Waals surface area contributed by atoms with Crippen LogP contribution in [0.5, 0.6) is 0 Å². The summed E-state index contributed by atoms with van der Waals surface area (Å²) in [5.41, 5.74) is 14.5. The van der Waals surface area contributed by atoms with Gasteiger partial charge in [0.05, 0.1) is 25.5 Å². The highest BCUT2D eigenvalue weighted by Crippen LogP contribution is 2.07. The Kier molecular flexibility index (Phi) is 7.04. The summed E-state index contributed by atoms with van der Waals surface area (Å²) in [4.78, 5) is 0. The number of hydrogen-bond donors (Lipinski definition) is 2. The van der Waals surface area contributed by atoms with Crippen LogP contribution in [0.1, 0.15) is 49.7 Å². The lowest BCUT2D eigenvalue weighted by atomic mass is 10.1. The topological polar surface area (TPSA) is 59.8 Å². The van der Waals surface area contributed by atoms with Crippen molar-refractivity contribution in [3.05, 3.63) is 47.8 Å². The Hall–Kier alpha value is -2.10. The van der Waals surface area contributed by atoms with Crippen molar-refractivity contribution in [2.24, 2.45) is 0 Å². The Morgan fingerprint density at radius 3 is 1.42 bits per heavy atom. The van der Waals surface area contributed by atoms with Crippen LogP contribution >= 0.6 is 0 Å². The van der Waals surface area contributed by atoms with Gasteiger partial charge in [-0.15, -0.1) is 0 Å². The normalized spacial score (nSPS) is 10.9. The first kappa shape index (κ1) is 18.2. The zero-order valence-corrected chi connectivity index (χ0v) is 15.2. The highest BCUT2D eigenvalue weighted by molar-refractivity contribution is 5.25. The van der Waals surface area contributed by atoms with E-state index in [4.69, 9.17) is 11.5 Å². The van der Waals surface area contributed by atoms with Crippen LogP contribution in [0.4, 0.5) is 11.6 Å². The average Bonchev–Trinajstić information content (AvgIpc) is 2.53. The van der Waals surface area contributed by atoms with Crippen LogP contribution < -0.4 is 20.6 Å². The SMILES string of the molecule is Cc1cc[n+](CCCCCCCC[n+]2ccc(C)cc2N)c(N)c1. The number of nitrogen functional groups attached to an aromatic ring is 2. The van der Waals surface area contributed by atoms with Gasteiger partial charge in [-0.2, -0.15) is 0 Å². The van der Waals surface area contributed by atoms with E-state index in [0.717, 1.165) is 24.7 Å². The van der Waals surface area contributed by atoms with E-state index in [1.807, 2.05) is 12.1 Å². The standard InChI is InChI=1S/C20H30N4/c1-17-9-13-23(19(21)15-17)11-7-5-3-4-6-8-12-24-14-10-18(2)16-20(24)22/h9-10,13-16,21-22H,3-8,11-12H2,1-2H3/p+2. The van der Waals surface area contributed by atoms with E-state index in [0.29, 0.717) is 0 Å². The van der Waals surface area contributed by atoms with Gasteiger partial charge >= 0.3 is 0 Å². The molecule has 2 rings (SSSR count). The molecule has 0 unspecified atom stereocenters. The van der Waals surface area contributed by atoms with Crippen molar-refractivity contribution in [3.8, 4) is 0 Å². The molecule has 0 radical (unpaired) electrons. The zero-order valence-electron chi connectivity index (χ0n) is 15.2. The van der Waals surface area contributed by atoms with E-state index in [2.05, 4.69) is 47.5 Å². The van der Waals surface area contributed by atoms with Gasteiger partial charge in [-0.25, -0.2) is 9.13 Å². The smallest absolute Gasteiger partial charge is 0.272 e. The minimum Gasteiger partial charge on any atom is -0.287 e. The molecule has 0 saturated carbocycles. The van der Waals surface area contributed by atoms with Gasteiger partial charge in [0.1, 0.15) is 0 Å². The van der Waals surface area contributed by atoms with Gasteiger partial charge in [-0.05, 0) is 62.8 Å². The van der Waals surface area contributed by atoms with E-state index >= 15 is 0 Å². The number of rotatable bonds is 9. The molecule has 0 aliphatic rings. The molecule has 0 bridgehead atoms. The van der Waals surface area contributed by atoms with E-state index in [-0.39, 0.29) is 0 Å². The first-order valence-electron chi connectivity index (χ1n) is 9.07. The Morgan fingerprint density at radius 1 is 0.667 bits per heavy atom. The van der Waals surface area contributed by atoms with Crippen LogP contribution in [0.15, 0.2) is 36.7 Å². The third-order valence-corrected chi connectivity index (χ3v) is 4.50. The molecule has 4 N–H and O–H groups in total. The summed E-state index contributed by atoms with van der Waals surface area (Å²) >= 11 is 0. The third-order valence-electron chi connectivity index (χ3n) is 4.50. The minimum absolute atomic E-state index is 0.864. The Labute approximate surface area is 146 Å². The summed E-state index contributed by atoms with van der Waals surface area (Å²) in [5, 5.41) is 0. The van der Waals surface area contributed by atoms with Crippen LogP contribution in [0, 0.1) is 13.8 Å². The van der Waals surface area contributed by atoms with Crippen molar-refractivity contribution in [2.75, 3.05) is 11.5 Å². The number of nitrogens with two attached hydrogens (primary N) is 2. The highest BCUT2D eigenvalue weighted by atomic mass is 15.0. The largest absolute Gasteiger partial charge is 0.287 e. The van der Waals surface area contributed by atoms with Crippen molar-refractivity contribution in [3.63, 3.8) is 0 Å². The molecule has 0 amide bonds. The van der Waals surface area contributed by atoms with Crippen LogP contribution in [0.3, 0.4) is 0 Å². The summed E-state index contributed by atoms with van der Waals surface area (Å²) in [5.74, 6) is 1.73. The molecule has 0 fully saturated rings. The van der Waals surface area contributed by atoms with Crippen molar-refractivity contribution >= 4 is 11.6 Å². The zero-order chi connectivity index (χ0) is 17.4. The van der Waals surface area contributed by atoms with Gasteiger partial charge in [0.15, 0.2) is 0 Å². The molecule has 0 aliphatic carbocycles. The van der Waals surface area contributed by atoms with Crippen LogP contribution in [0.25, 0.3) is 0 Å². The predicted octanol–water partition coefficient (Wildman–Crippen LogP) is 3.08. The maximum atomic E-state index is 6.03. The second kappa shape index (κ2) is 9.26. The summed E-state index contributed by atoms with van der Waals surface area (Å²) in [6.45, 7) is 6.18. The molecule has 130 valence electrons. The molecule has 0 atom stereocenters. The van der Waals surface area contributed by atoms with Crippen molar-refractivity contribution < 1.29 is 9.13 Å². The van der Waals surface area contributed by atoms with Gasteiger partial charge in [-0.3, -0.25) is 11.5 Å². The molecule has 0 spiro atoms. The highest BCUT2D eigenvalue weighted by Gasteiger charge is 2.05. The molecular formula is C20H32N4+2. The van der Waals surface area contributed by atoms with Crippen molar-refractivity contribution in [2.45, 2.75) is 65.5 Å². The fourth-order valence-electron chi connectivity index (χ4n) is 2.99. The van der Waals surface area contributed by atoms with Gasteiger partial charge in [-0.1, -0.05) is 12.8 Å². The molecular weight excluding hydrogens is 296 g/mol. The first-order chi connectivity index (χ1) is 11.6. The summed E-state index contributed by atoms with van der Waals surface area (Å²) in [6, 6.07) is 8.30. The Bertz CT molecular complexity index is 595. The molecule has 2 heterocycles. The lowest BCUT2D eigenvalue weighted by Gasteiger charge is -2.05. The second-order valence-electron chi connectivity index (χ2n) is 6.77. The summed E-state index contributed by atoms with van der Waals surface area (Å²) < 4.78 is 4.29. The number of aryl methyl sites for hydroxylation is 4. The number of unbranched alkanes of at least 4 members (excludes halogenated alkanes) is 5. The van der Waals surface area contributed by atoms with Gasteiger partial charge in [0.25, 0.3) is 11.6 Å². The molecule has 4 heteroatoms. The molecule has 2 aromatic rings. The van der Waals surface area contributed by atoms with E-state index in [9.17, 15) is 0 Å². The van der Waals surface area contributed by atoms with E-state index < -0.39 is 0 Å². The quantitative estimate of drug-likeness (QED) is 0.549. The number of hydrogen-bond acceptors (Lipinski definition) is 2. The number of nitrogens with zero attached hydrogens (tertiary/aromatic N) is 2. The molecule has 0 aromatic carbocycles. The van der Waals surface area contributed by atoms with Crippen LogP contribution in [-0.4, -0.2) is 0 Å².